The predicted octanol–water partition coefficient (Wildman–Crippen LogP) is 1.89. The van der Waals surface area contributed by atoms with Crippen LogP contribution in [0.25, 0.3) is 0 Å². The Morgan fingerprint density at radius 1 is 1.24 bits per heavy atom. The first-order valence-electron chi connectivity index (χ1n) is 8.15. The fourth-order valence-electron chi connectivity index (χ4n) is 3.78. The lowest BCUT2D eigenvalue weighted by atomic mass is 9.76. The van der Waals surface area contributed by atoms with Gasteiger partial charge in [-0.25, -0.2) is 0 Å². The van der Waals surface area contributed by atoms with E-state index in [-0.39, 0.29) is 18.4 Å². The van der Waals surface area contributed by atoms with Gasteiger partial charge in [-0.15, -0.1) is 0 Å². The number of amides is 1. The van der Waals surface area contributed by atoms with Crippen molar-refractivity contribution < 1.29 is 19.8 Å². The van der Waals surface area contributed by atoms with E-state index in [4.69, 9.17) is 5.11 Å². The van der Waals surface area contributed by atoms with Gasteiger partial charge in [-0.1, -0.05) is 6.92 Å². The molecule has 0 bridgehead atoms. The Morgan fingerprint density at radius 2 is 1.90 bits per heavy atom. The molecule has 1 aliphatic carbocycles. The van der Waals surface area contributed by atoms with Gasteiger partial charge >= 0.3 is 5.97 Å². The molecule has 21 heavy (non-hydrogen) atoms. The number of rotatable bonds is 4. The number of aliphatic hydroxyl groups excluding tert-OH is 1. The minimum atomic E-state index is -0.772. The molecular formula is C16H27NO4. The molecule has 0 spiro atoms. The zero-order valence-corrected chi connectivity index (χ0v) is 12.9. The summed E-state index contributed by atoms with van der Waals surface area (Å²) >= 11 is 0. The molecule has 1 aliphatic heterocycles. The normalized spacial score (nSPS) is 33.7. The zero-order chi connectivity index (χ0) is 15.5. The fraction of sp³-hybridized carbons (Fsp3) is 0.875. The first-order valence-corrected chi connectivity index (χ1v) is 8.15. The summed E-state index contributed by atoms with van der Waals surface area (Å²) < 4.78 is 0. The van der Waals surface area contributed by atoms with Crippen LogP contribution in [-0.2, 0) is 9.59 Å². The van der Waals surface area contributed by atoms with Crippen molar-refractivity contribution in [2.24, 2.45) is 17.3 Å². The number of likely N-dealkylation sites (tertiary alicyclic amines) is 1. The second kappa shape index (κ2) is 6.77. The van der Waals surface area contributed by atoms with Crippen LogP contribution in [0.15, 0.2) is 0 Å². The number of hydrogen-bond acceptors (Lipinski definition) is 3. The van der Waals surface area contributed by atoms with Crippen LogP contribution in [0.2, 0.25) is 0 Å². The maximum atomic E-state index is 12.6. The quantitative estimate of drug-likeness (QED) is 0.830. The summed E-state index contributed by atoms with van der Waals surface area (Å²) in [7, 11) is 0. The van der Waals surface area contributed by atoms with Crippen LogP contribution in [0.1, 0.15) is 51.9 Å². The average molecular weight is 297 g/mol. The number of carbonyl (C=O) groups excluding carboxylic acids is 1. The lowest BCUT2D eigenvalue weighted by molar-refractivity contribution is -0.156. The number of carboxylic acid groups (broad SMARTS) is 1. The van der Waals surface area contributed by atoms with E-state index in [9.17, 15) is 14.7 Å². The van der Waals surface area contributed by atoms with E-state index in [1.165, 1.54) is 0 Å². The third-order valence-electron chi connectivity index (χ3n) is 5.47. The van der Waals surface area contributed by atoms with Crippen LogP contribution in [0.4, 0.5) is 0 Å². The van der Waals surface area contributed by atoms with E-state index in [0.29, 0.717) is 31.8 Å². The lowest BCUT2D eigenvalue weighted by Gasteiger charge is -2.41. The molecule has 0 unspecified atom stereocenters. The number of hydrogen-bond donors (Lipinski definition) is 2. The van der Waals surface area contributed by atoms with Crippen LogP contribution in [0, 0.1) is 17.3 Å². The third kappa shape index (κ3) is 3.39. The Kier molecular flexibility index (Phi) is 5.25. The summed E-state index contributed by atoms with van der Waals surface area (Å²) in [6.45, 7) is 3.16. The van der Waals surface area contributed by atoms with Crippen LogP contribution in [-0.4, -0.2) is 46.7 Å². The molecule has 0 radical (unpaired) electrons. The van der Waals surface area contributed by atoms with Gasteiger partial charge < -0.3 is 15.1 Å². The molecule has 1 heterocycles. The van der Waals surface area contributed by atoms with Crippen molar-refractivity contribution in [1.82, 2.24) is 4.90 Å². The summed E-state index contributed by atoms with van der Waals surface area (Å²) in [5, 5.41) is 18.7. The Hall–Kier alpha value is -1.10. The van der Waals surface area contributed by atoms with E-state index in [0.717, 1.165) is 32.1 Å². The van der Waals surface area contributed by atoms with Crippen molar-refractivity contribution in [3.63, 3.8) is 0 Å². The third-order valence-corrected chi connectivity index (χ3v) is 5.47. The van der Waals surface area contributed by atoms with Crippen molar-refractivity contribution in [2.75, 3.05) is 19.7 Å². The van der Waals surface area contributed by atoms with Gasteiger partial charge in [0, 0.05) is 25.6 Å². The topological polar surface area (TPSA) is 77.8 Å². The van der Waals surface area contributed by atoms with Crippen molar-refractivity contribution in [2.45, 2.75) is 51.9 Å². The lowest BCUT2D eigenvalue weighted by Crippen LogP contribution is -2.51. The molecule has 2 fully saturated rings. The van der Waals surface area contributed by atoms with Crippen molar-refractivity contribution in [3.05, 3.63) is 0 Å². The molecule has 0 aromatic carbocycles. The number of aliphatic hydroxyl groups is 1. The van der Waals surface area contributed by atoms with Crippen molar-refractivity contribution in [1.29, 1.82) is 0 Å². The smallest absolute Gasteiger partial charge is 0.311 e. The number of carbonyl (C=O) groups is 2. The van der Waals surface area contributed by atoms with Gasteiger partial charge in [-0.2, -0.15) is 0 Å². The highest BCUT2D eigenvalue weighted by Crippen LogP contribution is 2.36. The number of aliphatic carboxylic acids is 1. The second-order valence-corrected chi connectivity index (χ2v) is 6.70. The standard InChI is InChI=1S/C16H27NO4/c1-2-16(15(20)21)8-3-9-17(11-16)14(19)13-6-4-12(10-18)5-7-13/h12-13,18H,2-11H2,1H3,(H,20,21)/t12?,13?,16-/m1/s1. The Morgan fingerprint density at radius 3 is 2.43 bits per heavy atom. The monoisotopic (exact) mass is 297 g/mol. The molecule has 1 atom stereocenters. The van der Waals surface area contributed by atoms with E-state index >= 15 is 0 Å². The van der Waals surface area contributed by atoms with E-state index in [1.54, 1.807) is 4.90 Å². The van der Waals surface area contributed by atoms with Gasteiger partial charge in [0.25, 0.3) is 0 Å². The maximum Gasteiger partial charge on any atom is 0.311 e. The van der Waals surface area contributed by atoms with Gasteiger partial charge in [0.1, 0.15) is 0 Å². The van der Waals surface area contributed by atoms with Crippen molar-refractivity contribution in [3.8, 4) is 0 Å². The van der Waals surface area contributed by atoms with Crippen LogP contribution < -0.4 is 0 Å². The number of nitrogens with zero attached hydrogens (tertiary/aromatic N) is 1. The summed E-state index contributed by atoms with van der Waals surface area (Å²) in [5.74, 6) is -0.282. The fourth-order valence-corrected chi connectivity index (χ4v) is 3.78. The molecule has 1 amide bonds. The van der Waals surface area contributed by atoms with E-state index in [2.05, 4.69) is 0 Å². The molecule has 2 N–H and O–H groups in total. The highest BCUT2D eigenvalue weighted by molar-refractivity contribution is 5.81. The maximum absolute atomic E-state index is 12.6. The molecule has 5 heteroatoms. The zero-order valence-electron chi connectivity index (χ0n) is 12.9. The summed E-state index contributed by atoms with van der Waals surface area (Å²) in [4.78, 5) is 26.0. The molecule has 2 rings (SSSR count). The summed E-state index contributed by atoms with van der Waals surface area (Å²) in [6, 6.07) is 0. The van der Waals surface area contributed by atoms with Crippen LogP contribution in [0.5, 0.6) is 0 Å². The second-order valence-electron chi connectivity index (χ2n) is 6.70. The summed E-state index contributed by atoms with van der Waals surface area (Å²) in [6.07, 6.45) is 5.47. The van der Waals surface area contributed by atoms with Crippen LogP contribution in [0.3, 0.4) is 0 Å². The molecule has 2 aliphatic rings. The minimum Gasteiger partial charge on any atom is -0.481 e. The summed E-state index contributed by atoms with van der Waals surface area (Å²) in [5.41, 5.74) is -0.754. The minimum absolute atomic E-state index is 0.0225. The highest BCUT2D eigenvalue weighted by Gasteiger charge is 2.43. The Bertz CT molecular complexity index is 390. The van der Waals surface area contributed by atoms with E-state index in [1.807, 2.05) is 6.92 Å². The largest absolute Gasteiger partial charge is 0.481 e. The van der Waals surface area contributed by atoms with Gasteiger partial charge in [0.15, 0.2) is 0 Å². The highest BCUT2D eigenvalue weighted by atomic mass is 16.4. The van der Waals surface area contributed by atoms with Gasteiger partial charge in [0.05, 0.1) is 5.41 Å². The number of piperidine rings is 1. The van der Waals surface area contributed by atoms with E-state index < -0.39 is 11.4 Å². The first-order chi connectivity index (χ1) is 10.0. The SMILES string of the molecule is CC[C@@]1(C(=O)O)CCCN(C(=O)C2CCC(CO)CC2)C1. The van der Waals surface area contributed by atoms with Crippen LogP contribution >= 0.6 is 0 Å². The molecule has 0 aromatic rings. The van der Waals surface area contributed by atoms with Gasteiger partial charge in [0.2, 0.25) is 5.91 Å². The predicted molar refractivity (Wildman–Crippen MR) is 78.7 cm³/mol. The van der Waals surface area contributed by atoms with Gasteiger partial charge in [-0.3, -0.25) is 9.59 Å². The molecule has 0 aromatic heterocycles. The average Bonchev–Trinajstić information content (AvgIpc) is 2.54. The Labute approximate surface area is 126 Å². The molecule has 1 saturated carbocycles. The van der Waals surface area contributed by atoms with Gasteiger partial charge in [-0.05, 0) is 50.9 Å². The molecular weight excluding hydrogens is 270 g/mol. The molecule has 120 valence electrons. The molecule has 5 nitrogen and oxygen atoms in total. The molecule has 1 saturated heterocycles. The Balaban J connectivity index is 1.98. The first kappa shape index (κ1) is 16.3. The van der Waals surface area contributed by atoms with Crippen molar-refractivity contribution >= 4 is 11.9 Å². The number of carboxylic acids is 1.